The fourth-order valence-electron chi connectivity index (χ4n) is 2.24. The Morgan fingerprint density at radius 2 is 1.90 bits per heavy atom. The van der Waals surface area contributed by atoms with Crippen molar-refractivity contribution >= 4 is 28.2 Å². The summed E-state index contributed by atoms with van der Waals surface area (Å²) >= 11 is 0. The van der Waals surface area contributed by atoms with Gasteiger partial charge in [-0.2, -0.15) is 5.10 Å². The summed E-state index contributed by atoms with van der Waals surface area (Å²) in [6.45, 7) is 0.534. The van der Waals surface area contributed by atoms with Gasteiger partial charge in [0.05, 0.1) is 29.6 Å². The number of anilines is 2. The first kappa shape index (κ1) is 13.2. The number of nitrogens with two attached hydrogens (primary N) is 1. The van der Waals surface area contributed by atoms with Gasteiger partial charge in [-0.05, 0) is 18.2 Å². The highest BCUT2D eigenvalue weighted by Gasteiger charge is 2.07. The third-order valence-corrected chi connectivity index (χ3v) is 3.34. The molecule has 5 nitrogen and oxygen atoms in total. The number of nitrogens with zero attached hydrogens (tertiary/aromatic N) is 2. The predicted octanol–water partition coefficient (Wildman–Crippen LogP) is 2.65. The number of amides is 1. The molecular weight excluding hydrogens is 264 g/mol. The van der Waals surface area contributed by atoms with E-state index >= 15 is 0 Å². The highest BCUT2D eigenvalue weighted by molar-refractivity contribution is 5.93. The third-order valence-electron chi connectivity index (χ3n) is 3.34. The van der Waals surface area contributed by atoms with Gasteiger partial charge in [-0.3, -0.25) is 9.48 Å². The minimum absolute atomic E-state index is 0.0764. The minimum Gasteiger partial charge on any atom is -0.397 e. The van der Waals surface area contributed by atoms with Gasteiger partial charge in [-0.25, -0.2) is 0 Å². The van der Waals surface area contributed by atoms with Crippen LogP contribution in [0.3, 0.4) is 0 Å². The molecule has 106 valence electrons. The van der Waals surface area contributed by atoms with Crippen molar-refractivity contribution in [3.8, 4) is 0 Å². The summed E-state index contributed by atoms with van der Waals surface area (Å²) in [6.07, 6.45) is 2.16. The summed E-state index contributed by atoms with van der Waals surface area (Å²) < 4.78 is 1.84. The molecule has 1 amide bonds. The van der Waals surface area contributed by atoms with Crippen LogP contribution in [0.15, 0.2) is 54.7 Å². The lowest BCUT2D eigenvalue weighted by Crippen LogP contribution is -2.15. The maximum Gasteiger partial charge on any atom is 0.226 e. The van der Waals surface area contributed by atoms with Crippen molar-refractivity contribution in [3.63, 3.8) is 0 Å². The van der Waals surface area contributed by atoms with E-state index in [2.05, 4.69) is 10.4 Å². The first-order valence-corrected chi connectivity index (χ1v) is 6.79. The number of aromatic nitrogens is 2. The number of nitrogen functional groups attached to an aromatic ring is 1. The predicted molar refractivity (Wildman–Crippen MR) is 83.8 cm³/mol. The number of fused-ring (bicyclic) bond motifs is 1. The smallest absolute Gasteiger partial charge is 0.226 e. The number of carbonyl (C=O) groups excluding carboxylic acids is 1. The van der Waals surface area contributed by atoms with E-state index in [4.69, 9.17) is 5.73 Å². The molecule has 0 saturated heterocycles. The second kappa shape index (κ2) is 5.66. The van der Waals surface area contributed by atoms with Crippen LogP contribution in [0.4, 0.5) is 11.4 Å². The monoisotopic (exact) mass is 280 g/mol. The molecule has 5 heteroatoms. The molecule has 3 aromatic rings. The number of para-hydroxylation sites is 3. The molecule has 0 fully saturated rings. The molecule has 1 heterocycles. The van der Waals surface area contributed by atoms with E-state index in [-0.39, 0.29) is 5.91 Å². The Hall–Kier alpha value is -2.82. The molecule has 0 unspecified atom stereocenters. The normalized spacial score (nSPS) is 10.7. The molecular formula is C16H16N4O. The Morgan fingerprint density at radius 1 is 1.14 bits per heavy atom. The number of nitrogens with one attached hydrogen (secondary N) is 1. The number of rotatable bonds is 4. The zero-order valence-electron chi connectivity index (χ0n) is 11.5. The molecule has 3 rings (SSSR count). The van der Waals surface area contributed by atoms with Crippen LogP contribution in [0.25, 0.3) is 10.9 Å². The molecule has 1 aromatic heterocycles. The largest absolute Gasteiger partial charge is 0.397 e. The lowest BCUT2D eigenvalue weighted by Gasteiger charge is -2.08. The fourth-order valence-corrected chi connectivity index (χ4v) is 2.24. The van der Waals surface area contributed by atoms with Crippen LogP contribution in [0.2, 0.25) is 0 Å². The van der Waals surface area contributed by atoms with Gasteiger partial charge < -0.3 is 11.1 Å². The molecule has 0 radical (unpaired) electrons. The second-order valence-corrected chi connectivity index (χ2v) is 4.81. The first-order valence-electron chi connectivity index (χ1n) is 6.79. The van der Waals surface area contributed by atoms with Crippen LogP contribution in [-0.2, 0) is 11.3 Å². The van der Waals surface area contributed by atoms with E-state index in [0.717, 1.165) is 10.9 Å². The van der Waals surface area contributed by atoms with Crippen molar-refractivity contribution in [2.75, 3.05) is 11.1 Å². The van der Waals surface area contributed by atoms with Gasteiger partial charge in [0.2, 0.25) is 5.91 Å². The molecule has 0 atom stereocenters. The molecule has 2 aromatic carbocycles. The molecule has 0 aliphatic rings. The highest BCUT2D eigenvalue weighted by Crippen LogP contribution is 2.17. The maximum atomic E-state index is 12.0. The topological polar surface area (TPSA) is 72.9 Å². The number of carbonyl (C=O) groups is 1. The SMILES string of the molecule is Nc1ccccc1NC(=O)CCn1ncc2ccccc21. The van der Waals surface area contributed by atoms with Gasteiger partial charge in [0.15, 0.2) is 0 Å². The molecule has 0 saturated carbocycles. The average Bonchev–Trinajstić information content (AvgIpc) is 2.91. The highest BCUT2D eigenvalue weighted by atomic mass is 16.1. The molecule has 21 heavy (non-hydrogen) atoms. The average molecular weight is 280 g/mol. The number of aryl methyl sites for hydroxylation is 1. The lowest BCUT2D eigenvalue weighted by atomic mass is 10.2. The quantitative estimate of drug-likeness (QED) is 0.722. The Labute approximate surface area is 122 Å². The van der Waals surface area contributed by atoms with Crippen molar-refractivity contribution < 1.29 is 4.79 Å². The zero-order valence-corrected chi connectivity index (χ0v) is 11.5. The number of hydrogen-bond acceptors (Lipinski definition) is 3. The van der Waals surface area contributed by atoms with Crippen molar-refractivity contribution in [1.29, 1.82) is 0 Å². The standard InChI is InChI=1S/C16H16N4O/c17-13-6-2-3-7-14(13)19-16(21)9-10-20-15-8-4-1-5-12(15)11-18-20/h1-8,11H,9-10,17H2,(H,19,21). The van der Waals surface area contributed by atoms with E-state index in [1.165, 1.54) is 0 Å². The van der Waals surface area contributed by atoms with Gasteiger partial charge >= 0.3 is 0 Å². The zero-order chi connectivity index (χ0) is 14.7. The van der Waals surface area contributed by atoms with Gasteiger partial charge in [-0.1, -0.05) is 30.3 Å². The fraction of sp³-hybridized carbons (Fsp3) is 0.125. The summed E-state index contributed by atoms with van der Waals surface area (Å²) in [5.41, 5.74) is 8.04. The van der Waals surface area contributed by atoms with Crippen molar-refractivity contribution in [2.45, 2.75) is 13.0 Å². The Bertz CT molecular complexity index is 779. The molecule has 0 aliphatic heterocycles. The maximum absolute atomic E-state index is 12.0. The molecule has 3 N–H and O–H groups in total. The van der Waals surface area contributed by atoms with Crippen LogP contribution in [0, 0.1) is 0 Å². The first-order chi connectivity index (χ1) is 10.2. The van der Waals surface area contributed by atoms with E-state index in [0.29, 0.717) is 24.3 Å². The van der Waals surface area contributed by atoms with E-state index in [9.17, 15) is 4.79 Å². The van der Waals surface area contributed by atoms with Crippen molar-refractivity contribution in [3.05, 3.63) is 54.7 Å². The van der Waals surface area contributed by atoms with Gasteiger partial charge in [0.1, 0.15) is 0 Å². The summed E-state index contributed by atoms with van der Waals surface area (Å²) in [5.74, 6) is -0.0764. The van der Waals surface area contributed by atoms with Gasteiger partial charge in [0.25, 0.3) is 0 Å². The van der Waals surface area contributed by atoms with Crippen molar-refractivity contribution in [2.24, 2.45) is 0 Å². The molecule has 0 bridgehead atoms. The van der Waals surface area contributed by atoms with Crippen LogP contribution >= 0.6 is 0 Å². The second-order valence-electron chi connectivity index (χ2n) is 4.81. The molecule has 0 spiro atoms. The summed E-state index contributed by atoms with van der Waals surface area (Å²) in [7, 11) is 0. The van der Waals surface area contributed by atoms with Crippen LogP contribution in [0.5, 0.6) is 0 Å². The van der Waals surface area contributed by atoms with Gasteiger partial charge in [-0.15, -0.1) is 0 Å². The Balaban J connectivity index is 1.65. The van der Waals surface area contributed by atoms with Gasteiger partial charge in [0, 0.05) is 11.8 Å². The lowest BCUT2D eigenvalue weighted by molar-refractivity contribution is -0.116. The van der Waals surface area contributed by atoms with Crippen LogP contribution < -0.4 is 11.1 Å². The molecule has 0 aliphatic carbocycles. The van der Waals surface area contributed by atoms with E-state index < -0.39 is 0 Å². The van der Waals surface area contributed by atoms with E-state index in [1.54, 1.807) is 12.1 Å². The van der Waals surface area contributed by atoms with Crippen molar-refractivity contribution in [1.82, 2.24) is 9.78 Å². The minimum atomic E-state index is -0.0764. The number of benzene rings is 2. The van der Waals surface area contributed by atoms with E-state index in [1.807, 2.05) is 47.3 Å². The number of hydrogen-bond donors (Lipinski definition) is 2. The summed E-state index contributed by atoms with van der Waals surface area (Å²) in [4.78, 5) is 12.0. The summed E-state index contributed by atoms with van der Waals surface area (Å²) in [5, 5.41) is 8.19. The third kappa shape index (κ3) is 2.86. The Morgan fingerprint density at radius 3 is 2.76 bits per heavy atom. The Kier molecular flexibility index (Phi) is 3.55. The summed E-state index contributed by atoms with van der Waals surface area (Å²) in [6, 6.07) is 15.2. The van der Waals surface area contributed by atoms with Crippen LogP contribution in [0.1, 0.15) is 6.42 Å². The van der Waals surface area contributed by atoms with Crippen LogP contribution in [-0.4, -0.2) is 15.7 Å².